The van der Waals surface area contributed by atoms with E-state index in [9.17, 15) is 9.59 Å². The van der Waals surface area contributed by atoms with Crippen molar-refractivity contribution in [3.05, 3.63) is 65.7 Å². The number of para-hydroxylation sites is 1. The minimum Gasteiger partial charge on any atom is -0.349 e. The number of rotatable bonds is 6. The van der Waals surface area contributed by atoms with Gasteiger partial charge < -0.3 is 10.6 Å². The Labute approximate surface area is 143 Å². The maximum absolute atomic E-state index is 12.3. The fourth-order valence-corrected chi connectivity index (χ4v) is 2.54. The molecule has 2 aromatic rings. The Morgan fingerprint density at radius 3 is 2.21 bits per heavy atom. The molecule has 0 aliphatic rings. The molecule has 0 spiro atoms. The molecule has 0 saturated heterocycles. The van der Waals surface area contributed by atoms with E-state index < -0.39 is 0 Å². The van der Waals surface area contributed by atoms with E-state index in [4.69, 9.17) is 0 Å². The molecule has 0 aliphatic heterocycles. The second kappa shape index (κ2) is 8.29. The number of carbonyl (C=O) groups is 2. The van der Waals surface area contributed by atoms with Crippen LogP contribution in [0.3, 0.4) is 0 Å². The SMILES string of the molecule is CC(C)c1ccccc1NC(=O)C[C@@H](C)NC(=O)c1ccccc1. The summed E-state index contributed by atoms with van der Waals surface area (Å²) in [5.41, 5.74) is 2.53. The van der Waals surface area contributed by atoms with Crippen molar-refractivity contribution in [1.82, 2.24) is 5.32 Å². The number of hydrogen-bond donors (Lipinski definition) is 2. The zero-order chi connectivity index (χ0) is 17.5. The molecule has 2 amide bonds. The maximum Gasteiger partial charge on any atom is 0.251 e. The second-order valence-electron chi connectivity index (χ2n) is 6.23. The smallest absolute Gasteiger partial charge is 0.251 e. The third-order valence-electron chi connectivity index (χ3n) is 3.76. The van der Waals surface area contributed by atoms with Crippen LogP contribution in [0.1, 0.15) is 49.0 Å². The minimum absolute atomic E-state index is 0.107. The van der Waals surface area contributed by atoms with Crippen LogP contribution in [0.4, 0.5) is 5.69 Å². The lowest BCUT2D eigenvalue weighted by Crippen LogP contribution is -2.35. The molecule has 0 aliphatic carbocycles. The predicted molar refractivity (Wildman–Crippen MR) is 97.1 cm³/mol. The van der Waals surface area contributed by atoms with Crippen LogP contribution >= 0.6 is 0 Å². The van der Waals surface area contributed by atoms with Crippen LogP contribution in [0.15, 0.2) is 54.6 Å². The van der Waals surface area contributed by atoms with Crippen LogP contribution < -0.4 is 10.6 Å². The lowest BCUT2D eigenvalue weighted by atomic mass is 10.0. The standard InChI is InChI=1S/C20H24N2O2/c1-14(2)17-11-7-8-12-18(17)22-19(23)13-15(3)21-20(24)16-9-5-4-6-10-16/h4-12,14-15H,13H2,1-3H3,(H,21,24)(H,22,23)/t15-/m1/s1. The van der Waals surface area contributed by atoms with Gasteiger partial charge in [0.2, 0.25) is 5.91 Å². The fraction of sp³-hybridized carbons (Fsp3) is 0.300. The van der Waals surface area contributed by atoms with Crippen LogP contribution in [-0.2, 0) is 4.79 Å². The first-order chi connectivity index (χ1) is 11.5. The largest absolute Gasteiger partial charge is 0.349 e. The van der Waals surface area contributed by atoms with Crippen molar-refractivity contribution in [2.75, 3.05) is 5.32 Å². The molecule has 126 valence electrons. The average molecular weight is 324 g/mol. The number of benzene rings is 2. The van der Waals surface area contributed by atoms with Crippen molar-refractivity contribution in [3.8, 4) is 0 Å². The van der Waals surface area contributed by atoms with Gasteiger partial charge in [0.1, 0.15) is 0 Å². The third-order valence-corrected chi connectivity index (χ3v) is 3.76. The Bertz CT molecular complexity index is 696. The van der Waals surface area contributed by atoms with Gasteiger partial charge in [0, 0.05) is 23.7 Å². The molecule has 0 radical (unpaired) electrons. The monoisotopic (exact) mass is 324 g/mol. The van der Waals surface area contributed by atoms with Crippen molar-refractivity contribution < 1.29 is 9.59 Å². The second-order valence-corrected chi connectivity index (χ2v) is 6.23. The summed E-state index contributed by atoms with van der Waals surface area (Å²) in [7, 11) is 0. The van der Waals surface area contributed by atoms with E-state index in [-0.39, 0.29) is 24.3 Å². The van der Waals surface area contributed by atoms with Gasteiger partial charge in [-0.15, -0.1) is 0 Å². The number of nitrogens with one attached hydrogen (secondary N) is 2. The molecule has 0 saturated carbocycles. The Kier molecular flexibility index (Phi) is 6.13. The molecule has 0 bridgehead atoms. The van der Waals surface area contributed by atoms with E-state index in [1.165, 1.54) is 0 Å². The predicted octanol–water partition coefficient (Wildman–Crippen LogP) is 3.96. The van der Waals surface area contributed by atoms with E-state index >= 15 is 0 Å². The van der Waals surface area contributed by atoms with Crippen LogP contribution in [0.25, 0.3) is 0 Å². The molecule has 0 heterocycles. The van der Waals surface area contributed by atoms with Crippen LogP contribution in [-0.4, -0.2) is 17.9 Å². The summed E-state index contributed by atoms with van der Waals surface area (Å²) < 4.78 is 0. The summed E-state index contributed by atoms with van der Waals surface area (Å²) >= 11 is 0. The molecule has 0 aromatic heterocycles. The first-order valence-electron chi connectivity index (χ1n) is 8.22. The van der Waals surface area contributed by atoms with Crippen LogP contribution in [0.5, 0.6) is 0 Å². The number of carbonyl (C=O) groups excluding carboxylic acids is 2. The summed E-state index contributed by atoms with van der Waals surface area (Å²) in [6.45, 7) is 6.01. The highest BCUT2D eigenvalue weighted by molar-refractivity contribution is 5.95. The highest BCUT2D eigenvalue weighted by Crippen LogP contribution is 2.23. The quantitative estimate of drug-likeness (QED) is 0.845. The first kappa shape index (κ1) is 17.7. The van der Waals surface area contributed by atoms with Gasteiger partial charge in [-0.3, -0.25) is 9.59 Å². The molecular formula is C20H24N2O2. The van der Waals surface area contributed by atoms with Crippen LogP contribution in [0, 0.1) is 0 Å². The molecule has 0 unspecified atom stereocenters. The highest BCUT2D eigenvalue weighted by Gasteiger charge is 2.14. The normalized spacial score (nSPS) is 11.8. The van der Waals surface area contributed by atoms with E-state index in [2.05, 4.69) is 24.5 Å². The first-order valence-corrected chi connectivity index (χ1v) is 8.22. The zero-order valence-electron chi connectivity index (χ0n) is 14.4. The van der Waals surface area contributed by atoms with Gasteiger partial charge in [0.05, 0.1) is 0 Å². The van der Waals surface area contributed by atoms with E-state index in [0.29, 0.717) is 11.5 Å². The topological polar surface area (TPSA) is 58.2 Å². The van der Waals surface area contributed by atoms with Gasteiger partial charge >= 0.3 is 0 Å². The van der Waals surface area contributed by atoms with Gasteiger partial charge in [-0.1, -0.05) is 50.2 Å². The van der Waals surface area contributed by atoms with Gasteiger partial charge in [0.25, 0.3) is 5.91 Å². The summed E-state index contributed by atoms with van der Waals surface area (Å²) in [5.74, 6) is 0.0548. The summed E-state index contributed by atoms with van der Waals surface area (Å²) in [4.78, 5) is 24.3. The number of amides is 2. The highest BCUT2D eigenvalue weighted by atomic mass is 16.2. The maximum atomic E-state index is 12.3. The summed E-state index contributed by atoms with van der Waals surface area (Å²) in [6.07, 6.45) is 0.227. The van der Waals surface area contributed by atoms with Gasteiger partial charge in [0.15, 0.2) is 0 Å². The Balaban J connectivity index is 1.92. The van der Waals surface area contributed by atoms with Crippen LogP contribution in [0.2, 0.25) is 0 Å². The van der Waals surface area contributed by atoms with Crippen molar-refractivity contribution >= 4 is 17.5 Å². The Morgan fingerprint density at radius 1 is 0.917 bits per heavy atom. The number of hydrogen-bond acceptors (Lipinski definition) is 2. The Hall–Kier alpha value is -2.62. The average Bonchev–Trinajstić information content (AvgIpc) is 2.55. The van der Waals surface area contributed by atoms with Gasteiger partial charge in [-0.25, -0.2) is 0 Å². The minimum atomic E-state index is -0.246. The van der Waals surface area contributed by atoms with Crippen molar-refractivity contribution in [2.45, 2.75) is 39.2 Å². The molecule has 4 nitrogen and oxygen atoms in total. The third kappa shape index (κ3) is 4.95. The molecule has 24 heavy (non-hydrogen) atoms. The van der Waals surface area contributed by atoms with E-state index in [0.717, 1.165) is 11.3 Å². The fourth-order valence-electron chi connectivity index (χ4n) is 2.54. The molecule has 2 aromatic carbocycles. The van der Waals surface area contributed by atoms with E-state index in [1.807, 2.05) is 49.4 Å². The lowest BCUT2D eigenvalue weighted by molar-refractivity contribution is -0.116. The molecule has 4 heteroatoms. The van der Waals surface area contributed by atoms with E-state index in [1.54, 1.807) is 12.1 Å². The summed E-state index contributed by atoms with van der Waals surface area (Å²) in [5, 5.41) is 5.80. The Morgan fingerprint density at radius 2 is 1.54 bits per heavy atom. The van der Waals surface area contributed by atoms with Gasteiger partial charge in [-0.2, -0.15) is 0 Å². The summed E-state index contributed by atoms with van der Waals surface area (Å²) in [6, 6.07) is 16.5. The van der Waals surface area contributed by atoms with Crippen molar-refractivity contribution in [3.63, 3.8) is 0 Å². The molecule has 0 fully saturated rings. The molecule has 2 rings (SSSR count). The molecule has 1 atom stereocenters. The van der Waals surface area contributed by atoms with Crippen molar-refractivity contribution in [1.29, 1.82) is 0 Å². The molecular weight excluding hydrogens is 300 g/mol. The zero-order valence-corrected chi connectivity index (χ0v) is 14.4. The van der Waals surface area contributed by atoms with Gasteiger partial charge in [-0.05, 0) is 36.6 Å². The lowest BCUT2D eigenvalue weighted by Gasteiger charge is -2.16. The molecule has 2 N–H and O–H groups in total. The number of anilines is 1. The van der Waals surface area contributed by atoms with Crippen molar-refractivity contribution in [2.24, 2.45) is 0 Å².